The average Bonchev–Trinajstić information content (AvgIpc) is 2.38. The summed E-state index contributed by atoms with van der Waals surface area (Å²) in [5.74, 6) is 0.664. The molecule has 3 heteroatoms. The van der Waals surface area contributed by atoms with Crippen molar-refractivity contribution in [3.63, 3.8) is 0 Å². The molecule has 0 atom stereocenters. The van der Waals surface area contributed by atoms with E-state index in [1.807, 2.05) is 12.1 Å². The van der Waals surface area contributed by atoms with E-state index in [1.54, 1.807) is 20.2 Å². The second-order valence-corrected chi connectivity index (χ2v) is 5.31. The van der Waals surface area contributed by atoms with Crippen molar-refractivity contribution in [1.29, 1.82) is 0 Å². The highest BCUT2D eigenvalue weighted by Gasteiger charge is 2.19. The summed E-state index contributed by atoms with van der Waals surface area (Å²) in [5, 5.41) is 10.1. The molecule has 3 nitrogen and oxygen atoms in total. The second-order valence-electron chi connectivity index (χ2n) is 5.31. The fourth-order valence-corrected chi connectivity index (χ4v) is 2.69. The number of hydrogen-bond donors (Lipinski definition) is 1. The van der Waals surface area contributed by atoms with Crippen LogP contribution in [0.25, 0.3) is 0 Å². The Morgan fingerprint density at radius 2 is 1.89 bits per heavy atom. The summed E-state index contributed by atoms with van der Waals surface area (Å²) < 4.78 is 0. The van der Waals surface area contributed by atoms with Crippen LogP contribution in [0, 0.1) is 0 Å². The van der Waals surface area contributed by atoms with Crippen LogP contribution in [0.2, 0.25) is 0 Å². The minimum absolute atomic E-state index is 0.0690. The first-order valence-electron chi connectivity index (χ1n) is 6.64. The third-order valence-corrected chi connectivity index (χ3v) is 3.73. The minimum Gasteiger partial charge on any atom is -0.508 e. The first-order chi connectivity index (χ1) is 8.59. The Kier molecular flexibility index (Phi) is 3.90. The maximum Gasteiger partial charge on any atom is 0.253 e. The summed E-state index contributed by atoms with van der Waals surface area (Å²) in [6.45, 7) is 0. The molecule has 0 bridgehead atoms. The molecular weight excluding hydrogens is 226 g/mol. The molecule has 0 radical (unpaired) electrons. The Labute approximate surface area is 108 Å². The molecule has 0 spiro atoms. The highest BCUT2D eigenvalue weighted by Crippen LogP contribution is 2.37. The molecule has 98 valence electrons. The first-order valence-corrected chi connectivity index (χ1v) is 6.64. The maximum atomic E-state index is 11.8. The van der Waals surface area contributed by atoms with Crippen molar-refractivity contribution in [3.8, 4) is 5.75 Å². The summed E-state index contributed by atoms with van der Waals surface area (Å²) in [4.78, 5) is 13.3. The number of aromatic hydroxyl groups is 1. The Balaban J connectivity index is 2.21. The van der Waals surface area contributed by atoms with Gasteiger partial charge >= 0.3 is 0 Å². The highest BCUT2D eigenvalue weighted by molar-refractivity contribution is 5.94. The number of carbonyl (C=O) groups excluding carboxylic acids is 1. The van der Waals surface area contributed by atoms with Crippen LogP contribution in [0.5, 0.6) is 5.75 Å². The largest absolute Gasteiger partial charge is 0.508 e. The maximum absolute atomic E-state index is 11.8. The van der Waals surface area contributed by atoms with Crippen LogP contribution >= 0.6 is 0 Å². The second kappa shape index (κ2) is 5.42. The molecule has 2 rings (SSSR count). The number of phenols is 1. The summed E-state index contributed by atoms with van der Waals surface area (Å²) in [6, 6.07) is 5.35. The summed E-state index contributed by atoms with van der Waals surface area (Å²) in [7, 11) is 3.43. The van der Waals surface area contributed by atoms with E-state index in [1.165, 1.54) is 24.2 Å². The van der Waals surface area contributed by atoms with Gasteiger partial charge in [-0.05, 0) is 36.5 Å². The van der Waals surface area contributed by atoms with Gasteiger partial charge < -0.3 is 10.0 Å². The summed E-state index contributed by atoms with van der Waals surface area (Å²) in [6.07, 6.45) is 6.07. The zero-order chi connectivity index (χ0) is 13.1. The third-order valence-electron chi connectivity index (χ3n) is 3.73. The predicted octanol–water partition coefficient (Wildman–Crippen LogP) is 3.14. The van der Waals surface area contributed by atoms with Gasteiger partial charge in [0.2, 0.25) is 0 Å². The fraction of sp³-hybridized carbons (Fsp3) is 0.533. The van der Waals surface area contributed by atoms with E-state index in [0.717, 1.165) is 18.4 Å². The monoisotopic (exact) mass is 247 g/mol. The number of benzene rings is 1. The van der Waals surface area contributed by atoms with Crippen LogP contribution in [0.4, 0.5) is 0 Å². The van der Waals surface area contributed by atoms with Gasteiger partial charge in [-0.2, -0.15) is 0 Å². The van der Waals surface area contributed by atoms with Crippen LogP contribution in [0.1, 0.15) is 53.9 Å². The van der Waals surface area contributed by atoms with E-state index in [0.29, 0.717) is 11.5 Å². The zero-order valence-electron chi connectivity index (χ0n) is 11.1. The van der Waals surface area contributed by atoms with E-state index in [2.05, 4.69) is 0 Å². The minimum atomic E-state index is -0.0690. The van der Waals surface area contributed by atoms with Crippen LogP contribution in [-0.2, 0) is 0 Å². The number of phenolic OH excluding ortho intramolecular Hbond substituents is 1. The van der Waals surface area contributed by atoms with E-state index >= 15 is 0 Å². The summed E-state index contributed by atoms with van der Waals surface area (Å²) in [5.41, 5.74) is 1.56. The van der Waals surface area contributed by atoms with Gasteiger partial charge in [-0.3, -0.25) is 4.79 Å². The lowest BCUT2D eigenvalue weighted by Crippen LogP contribution is -2.21. The lowest BCUT2D eigenvalue weighted by molar-refractivity contribution is 0.0827. The Bertz CT molecular complexity index is 434. The van der Waals surface area contributed by atoms with Gasteiger partial charge in [0.25, 0.3) is 5.91 Å². The predicted molar refractivity (Wildman–Crippen MR) is 72.0 cm³/mol. The molecule has 0 saturated heterocycles. The van der Waals surface area contributed by atoms with E-state index in [-0.39, 0.29) is 11.7 Å². The van der Waals surface area contributed by atoms with Crippen molar-refractivity contribution in [2.75, 3.05) is 14.1 Å². The Hall–Kier alpha value is -1.51. The van der Waals surface area contributed by atoms with E-state index < -0.39 is 0 Å². The van der Waals surface area contributed by atoms with Crippen LogP contribution in [0.3, 0.4) is 0 Å². The van der Waals surface area contributed by atoms with Crippen molar-refractivity contribution >= 4 is 5.91 Å². The third kappa shape index (κ3) is 2.66. The zero-order valence-corrected chi connectivity index (χ0v) is 11.1. The number of carbonyl (C=O) groups is 1. The molecule has 1 aliphatic carbocycles. The molecule has 0 aromatic heterocycles. The molecule has 1 saturated carbocycles. The first kappa shape index (κ1) is 12.9. The van der Waals surface area contributed by atoms with Crippen molar-refractivity contribution in [3.05, 3.63) is 29.3 Å². The van der Waals surface area contributed by atoms with Crippen molar-refractivity contribution < 1.29 is 9.90 Å². The Morgan fingerprint density at radius 1 is 1.22 bits per heavy atom. The van der Waals surface area contributed by atoms with Crippen molar-refractivity contribution in [2.24, 2.45) is 0 Å². The van der Waals surface area contributed by atoms with Crippen LogP contribution in [-0.4, -0.2) is 30.0 Å². The average molecular weight is 247 g/mol. The number of hydrogen-bond acceptors (Lipinski definition) is 2. The molecule has 0 heterocycles. The quantitative estimate of drug-likeness (QED) is 0.872. The molecule has 1 aromatic carbocycles. The molecule has 1 fully saturated rings. The van der Waals surface area contributed by atoms with Crippen LogP contribution in [0.15, 0.2) is 18.2 Å². The van der Waals surface area contributed by atoms with Gasteiger partial charge in [0.1, 0.15) is 5.75 Å². The van der Waals surface area contributed by atoms with Gasteiger partial charge in [0.15, 0.2) is 0 Å². The molecule has 0 unspecified atom stereocenters. The molecule has 1 amide bonds. The lowest BCUT2D eigenvalue weighted by Gasteiger charge is -2.23. The lowest BCUT2D eigenvalue weighted by atomic mass is 9.83. The molecule has 1 aliphatic rings. The molecule has 18 heavy (non-hydrogen) atoms. The molecule has 1 aromatic rings. The summed E-state index contributed by atoms with van der Waals surface area (Å²) >= 11 is 0. The van der Waals surface area contributed by atoms with E-state index in [4.69, 9.17) is 0 Å². The van der Waals surface area contributed by atoms with Gasteiger partial charge in [-0.15, -0.1) is 0 Å². The topological polar surface area (TPSA) is 40.5 Å². The Morgan fingerprint density at radius 3 is 2.44 bits per heavy atom. The standard InChI is InChI=1S/C15H21NO2/c1-16(2)15(18)12-8-9-13(14(17)10-12)11-6-4-3-5-7-11/h8-11,17H,3-7H2,1-2H3. The number of nitrogens with zero attached hydrogens (tertiary/aromatic N) is 1. The molecular formula is C15H21NO2. The normalized spacial score (nSPS) is 16.6. The number of rotatable bonds is 2. The van der Waals surface area contributed by atoms with Gasteiger partial charge in [0, 0.05) is 19.7 Å². The molecule has 1 N–H and O–H groups in total. The SMILES string of the molecule is CN(C)C(=O)c1ccc(C2CCCCC2)c(O)c1. The number of amides is 1. The van der Waals surface area contributed by atoms with Gasteiger partial charge in [-0.25, -0.2) is 0 Å². The van der Waals surface area contributed by atoms with Crippen molar-refractivity contribution in [2.45, 2.75) is 38.0 Å². The van der Waals surface area contributed by atoms with Gasteiger partial charge in [-0.1, -0.05) is 25.3 Å². The van der Waals surface area contributed by atoms with Crippen molar-refractivity contribution in [1.82, 2.24) is 4.90 Å². The highest BCUT2D eigenvalue weighted by atomic mass is 16.3. The smallest absolute Gasteiger partial charge is 0.253 e. The fourth-order valence-electron chi connectivity index (χ4n) is 2.69. The van der Waals surface area contributed by atoms with E-state index in [9.17, 15) is 9.90 Å². The molecule has 0 aliphatic heterocycles. The van der Waals surface area contributed by atoms with Gasteiger partial charge in [0.05, 0.1) is 0 Å². The van der Waals surface area contributed by atoms with Crippen LogP contribution < -0.4 is 0 Å².